The molecule has 1 saturated heterocycles. The molecule has 2 amide bonds. The number of nitrogens with zero attached hydrogens (tertiary/aromatic N) is 1. The molecule has 150 valence electrons. The van der Waals surface area contributed by atoms with Gasteiger partial charge in [0.2, 0.25) is 6.79 Å². The zero-order valence-electron chi connectivity index (χ0n) is 15.2. The Morgan fingerprint density at radius 3 is 2.69 bits per heavy atom. The van der Waals surface area contributed by atoms with Gasteiger partial charge in [-0.05, 0) is 54.6 Å². The molecule has 0 saturated carbocycles. The first-order chi connectivity index (χ1) is 14.0. The van der Waals surface area contributed by atoms with Gasteiger partial charge in [-0.2, -0.15) is 0 Å². The SMILES string of the molecule is CCOc1ccc(Cl)cc1/C=C1/SC(=O)N(Cc2cc3c(cc2Cl)OCO3)C1=O. The Balaban J connectivity index is 1.60. The second-order valence-electron chi connectivity index (χ2n) is 6.18. The summed E-state index contributed by atoms with van der Waals surface area (Å²) in [6, 6.07) is 8.43. The van der Waals surface area contributed by atoms with Gasteiger partial charge < -0.3 is 14.2 Å². The molecule has 2 heterocycles. The van der Waals surface area contributed by atoms with Gasteiger partial charge in [0.15, 0.2) is 11.5 Å². The Morgan fingerprint density at radius 2 is 1.93 bits per heavy atom. The van der Waals surface area contributed by atoms with Crippen LogP contribution in [0.5, 0.6) is 17.2 Å². The lowest BCUT2D eigenvalue weighted by Gasteiger charge is -2.14. The van der Waals surface area contributed by atoms with E-state index in [1.54, 1.807) is 36.4 Å². The smallest absolute Gasteiger partial charge is 0.293 e. The van der Waals surface area contributed by atoms with Gasteiger partial charge in [-0.25, -0.2) is 0 Å². The molecule has 1 fully saturated rings. The molecule has 2 aliphatic heterocycles. The molecule has 0 radical (unpaired) electrons. The molecule has 0 N–H and O–H groups in total. The van der Waals surface area contributed by atoms with Crippen molar-refractivity contribution in [3.63, 3.8) is 0 Å². The molecule has 0 atom stereocenters. The molecule has 29 heavy (non-hydrogen) atoms. The van der Waals surface area contributed by atoms with Crippen molar-refractivity contribution in [3.05, 3.63) is 56.4 Å². The minimum Gasteiger partial charge on any atom is -0.493 e. The first-order valence-electron chi connectivity index (χ1n) is 8.72. The van der Waals surface area contributed by atoms with Crippen molar-refractivity contribution < 1.29 is 23.8 Å². The van der Waals surface area contributed by atoms with Crippen molar-refractivity contribution in [3.8, 4) is 17.2 Å². The number of amides is 2. The van der Waals surface area contributed by atoms with Gasteiger partial charge in [0.25, 0.3) is 11.1 Å². The van der Waals surface area contributed by atoms with Crippen LogP contribution in [0.4, 0.5) is 4.79 Å². The zero-order valence-corrected chi connectivity index (χ0v) is 17.6. The van der Waals surface area contributed by atoms with E-state index >= 15 is 0 Å². The van der Waals surface area contributed by atoms with Crippen LogP contribution >= 0.6 is 35.0 Å². The van der Waals surface area contributed by atoms with E-state index in [-0.39, 0.29) is 23.5 Å². The summed E-state index contributed by atoms with van der Waals surface area (Å²) < 4.78 is 16.2. The molecular formula is C20H15Cl2NO5S. The molecule has 9 heteroatoms. The molecule has 6 nitrogen and oxygen atoms in total. The van der Waals surface area contributed by atoms with Crippen molar-refractivity contribution in [2.45, 2.75) is 13.5 Å². The molecule has 0 aromatic heterocycles. The van der Waals surface area contributed by atoms with Crippen molar-refractivity contribution in [2.24, 2.45) is 0 Å². The summed E-state index contributed by atoms with van der Waals surface area (Å²) in [5.74, 6) is 1.25. The number of thioether (sulfide) groups is 1. The Labute approximate surface area is 181 Å². The molecular weight excluding hydrogens is 437 g/mol. The van der Waals surface area contributed by atoms with Crippen molar-refractivity contribution in [1.29, 1.82) is 0 Å². The van der Waals surface area contributed by atoms with Crippen molar-refractivity contribution >= 4 is 52.2 Å². The first kappa shape index (κ1) is 19.9. The molecule has 2 aromatic rings. The van der Waals surface area contributed by atoms with Crippen LogP contribution in [-0.4, -0.2) is 29.4 Å². The summed E-state index contributed by atoms with van der Waals surface area (Å²) in [4.78, 5) is 26.8. The highest BCUT2D eigenvalue weighted by molar-refractivity contribution is 8.18. The third-order valence-electron chi connectivity index (χ3n) is 4.30. The van der Waals surface area contributed by atoms with Gasteiger partial charge in [-0.3, -0.25) is 14.5 Å². The normalized spacial score (nSPS) is 16.8. The molecule has 2 aliphatic rings. The Kier molecular flexibility index (Phi) is 5.63. The molecule has 0 aliphatic carbocycles. The van der Waals surface area contributed by atoms with Crippen LogP contribution in [-0.2, 0) is 11.3 Å². The predicted octanol–water partition coefficient (Wildman–Crippen LogP) is 5.36. The summed E-state index contributed by atoms with van der Waals surface area (Å²) in [5, 5.41) is 0.520. The van der Waals surface area contributed by atoms with E-state index in [1.807, 2.05) is 6.92 Å². The van der Waals surface area contributed by atoms with Gasteiger partial charge in [-0.15, -0.1) is 0 Å². The van der Waals surface area contributed by atoms with E-state index in [4.69, 9.17) is 37.4 Å². The molecule has 0 spiro atoms. The first-order valence-corrected chi connectivity index (χ1v) is 10.3. The van der Waals surface area contributed by atoms with Gasteiger partial charge in [0.1, 0.15) is 5.75 Å². The van der Waals surface area contributed by atoms with E-state index in [0.717, 1.165) is 16.7 Å². The number of carbonyl (C=O) groups is 2. The number of hydrogen-bond donors (Lipinski definition) is 0. The highest BCUT2D eigenvalue weighted by atomic mass is 35.5. The minimum absolute atomic E-state index is 0.0331. The van der Waals surface area contributed by atoms with Gasteiger partial charge in [0.05, 0.1) is 18.1 Å². The minimum atomic E-state index is -0.406. The van der Waals surface area contributed by atoms with Gasteiger partial charge >= 0.3 is 0 Å². The van der Waals surface area contributed by atoms with E-state index in [1.165, 1.54) is 0 Å². The van der Waals surface area contributed by atoms with Crippen LogP contribution in [0.15, 0.2) is 35.2 Å². The molecule has 4 rings (SSSR count). The van der Waals surface area contributed by atoms with Crippen LogP contribution in [0.1, 0.15) is 18.1 Å². The highest BCUT2D eigenvalue weighted by Gasteiger charge is 2.36. The number of halogens is 2. The lowest BCUT2D eigenvalue weighted by molar-refractivity contribution is -0.123. The second-order valence-corrected chi connectivity index (χ2v) is 8.02. The zero-order chi connectivity index (χ0) is 20.5. The summed E-state index contributed by atoms with van der Waals surface area (Å²) >= 11 is 13.2. The maximum Gasteiger partial charge on any atom is 0.293 e. The highest BCUT2D eigenvalue weighted by Crippen LogP contribution is 2.40. The van der Waals surface area contributed by atoms with Crippen LogP contribution in [0.2, 0.25) is 10.0 Å². The van der Waals surface area contributed by atoms with Gasteiger partial charge in [-0.1, -0.05) is 23.2 Å². The number of benzene rings is 2. The fraction of sp³-hybridized carbons (Fsp3) is 0.200. The Bertz CT molecular complexity index is 1040. The maximum absolute atomic E-state index is 12.9. The maximum atomic E-state index is 12.9. The monoisotopic (exact) mass is 451 g/mol. The lowest BCUT2D eigenvalue weighted by atomic mass is 10.1. The molecule has 0 bridgehead atoms. The van der Waals surface area contributed by atoms with Crippen LogP contribution < -0.4 is 14.2 Å². The average molecular weight is 452 g/mol. The van der Waals surface area contributed by atoms with Crippen LogP contribution in [0.3, 0.4) is 0 Å². The quantitative estimate of drug-likeness (QED) is 0.570. The average Bonchev–Trinajstić information content (AvgIpc) is 3.23. The summed E-state index contributed by atoms with van der Waals surface area (Å²) in [6.45, 7) is 2.47. The third kappa shape index (κ3) is 4.03. The van der Waals surface area contributed by atoms with E-state index in [9.17, 15) is 9.59 Å². The third-order valence-corrected chi connectivity index (χ3v) is 5.80. The number of hydrogen-bond acceptors (Lipinski definition) is 6. The number of ether oxygens (including phenoxy) is 3. The second kappa shape index (κ2) is 8.18. The van der Waals surface area contributed by atoms with Crippen LogP contribution in [0.25, 0.3) is 6.08 Å². The fourth-order valence-corrected chi connectivity index (χ4v) is 4.17. The summed E-state index contributed by atoms with van der Waals surface area (Å²) in [6.07, 6.45) is 1.61. The van der Waals surface area contributed by atoms with Crippen molar-refractivity contribution in [1.82, 2.24) is 4.90 Å². The largest absolute Gasteiger partial charge is 0.493 e. The van der Waals surface area contributed by atoms with E-state index < -0.39 is 5.91 Å². The van der Waals surface area contributed by atoms with E-state index in [0.29, 0.717) is 45.0 Å². The predicted molar refractivity (Wildman–Crippen MR) is 112 cm³/mol. The molecule has 0 unspecified atom stereocenters. The Hall–Kier alpha value is -2.35. The van der Waals surface area contributed by atoms with E-state index in [2.05, 4.69) is 0 Å². The topological polar surface area (TPSA) is 65.1 Å². The number of rotatable bonds is 5. The van der Waals surface area contributed by atoms with Crippen LogP contribution in [0, 0.1) is 0 Å². The fourth-order valence-electron chi connectivity index (χ4n) is 2.95. The summed E-state index contributed by atoms with van der Waals surface area (Å²) in [7, 11) is 0. The van der Waals surface area contributed by atoms with Gasteiger partial charge in [0, 0.05) is 21.7 Å². The van der Waals surface area contributed by atoms with Crippen molar-refractivity contribution in [2.75, 3.05) is 13.4 Å². The Morgan fingerprint density at radius 1 is 1.17 bits per heavy atom. The number of fused-ring (bicyclic) bond motifs is 1. The molecule has 2 aromatic carbocycles. The lowest BCUT2D eigenvalue weighted by Crippen LogP contribution is -2.27. The number of imide groups is 1. The number of carbonyl (C=O) groups excluding carboxylic acids is 2. The standard InChI is InChI=1S/C20H15Cl2NO5S/c1-2-26-15-4-3-13(21)5-11(15)7-18-19(24)23(20(25)29-18)9-12-6-16-17(8-14(12)22)28-10-27-16/h3-8H,2,9-10H2,1H3/b18-7+. The summed E-state index contributed by atoms with van der Waals surface area (Å²) in [5.41, 5.74) is 1.23.